The molecule has 0 unspecified atom stereocenters. The fourth-order valence-corrected chi connectivity index (χ4v) is 5.27. The van der Waals surface area contributed by atoms with Crippen molar-refractivity contribution in [3.63, 3.8) is 0 Å². The van der Waals surface area contributed by atoms with E-state index in [2.05, 4.69) is 5.32 Å². The van der Waals surface area contributed by atoms with E-state index in [1.807, 2.05) is 86.6 Å². The molecule has 0 atom stereocenters. The third-order valence-electron chi connectivity index (χ3n) is 6.02. The molecule has 1 amide bonds. The van der Waals surface area contributed by atoms with Crippen molar-refractivity contribution >= 4 is 43.2 Å². The number of hydrogen-bond acceptors (Lipinski definition) is 4. The molecule has 6 nitrogen and oxygen atoms in total. The predicted molar refractivity (Wildman–Crippen MR) is 138 cm³/mol. The number of nitrogens with one attached hydrogen (secondary N) is 1. The Labute approximate surface area is 199 Å². The highest BCUT2D eigenvalue weighted by molar-refractivity contribution is 7.25. The van der Waals surface area contributed by atoms with Crippen LogP contribution in [0.5, 0.6) is 0 Å². The summed E-state index contributed by atoms with van der Waals surface area (Å²) in [4.78, 5) is 40.0. The van der Waals surface area contributed by atoms with Gasteiger partial charge in [0.2, 0.25) is 5.91 Å². The number of anilines is 1. The van der Waals surface area contributed by atoms with Crippen LogP contribution in [0.15, 0.2) is 82.4 Å². The zero-order chi connectivity index (χ0) is 23.8. The molecule has 34 heavy (non-hydrogen) atoms. The van der Waals surface area contributed by atoms with Gasteiger partial charge in [0.15, 0.2) is 0 Å². The van der Waals surface area contributed by atoms with Gasteiger partial charge in [-0.25, -0.2) is 4.79 Å². The number of aryl methyl sites for hydroxylation is 2. The largest absolute Gasteiger partial charge is 0.332 e. The van der Waals surface area contributed by atoms with Gasteiger partial charge in [-0.2, -0.15) is 0 Å². The Hall–Kier alpha value is -3.97. The van der Waals surface area contributed by atoms with Crippen LogP contribution in [0.1, 0.15) is 16.7 Å². The molecule has 1 N–H and O–H groups in total. The minimum atomic E-state index is -0.500. The van der Waals surface area contributed by atoms with Gasteiger partial charge < -0.3 is 5.32 Å². The molecule has 2 heterocycles. The number of benzene rings is 3. The summed E-state index contributed by atoms with van der Waals surface area (Å²) in [7, 11) is 0. The van der Waals surface area contributed by atoms with Crippen molar-refractivity contribution in [2.24, 2.45) is 0 Å². The molecule has 0 radical (unpaired) electrons. The van der Waals surface area contributed by atoms with E-state index in [4.69, 9.17) is 0 Å². The summed E-state index contributed by atoms with van der Waals surface area (Å²) >= 11 is 1.35. The van der Waals surface area contributed by atoms with Crippen molar-refractivity contribution in [2.75, 3.05) is 5.32 Å². The summed E-state index contributed by atoms with van der Waals surface area (Å²) < 4.78 is 4.01. The van der Waals surface area contributed by atoms with Crippen molar-refractivity contribution in [1.29, 1.82) is 0 Å². The second-order valence-electron chi connectivity index (χ2n) is 8.37. The Balaban J connectivity index is 1.64. The van der Waals surface area contributed by atoms with Crippen LogP contribution in [0.3, 0.4) is 0 Å². The average molecular weight is 470 g/mol. The normalized spacial score (nSPS) is 11.2. The predicted octanol–water partition coefficient (Wildman–Crippen LogP) is 4.68. The molecular weight excluding hydrogens is 446 g/mol. The highest BCUT2D eigenvalue weighted by atomic mass is 32.1. The third-order valence-corrected chi connectivity index (χ3v) is 7.16. The van der Waals surface area contributed by atoms with Crippen molar-refractivity contribution in [3.05, 3.63) is 110 Å². The molecule has 0 saturated carbocycles. The summed E-state index contributed by atoms with van der Waals surface area (Å²) in [5.74, 6) is -0.327. The second-order valence-corrected chi connectivity index (χ2v) is 9.42. The lowest BCUT2D eigenvalue weighted by Crippen LogP contribution is -2.41. The van der Waals surface area contributed by atoms with E-state index < -0.39 is 5.69 Å². The first-order valence-electron chi connectivity index (χ1n) is 11.0. The van der Waals surface area contributed by atoms with E-state index in [0.29, 0.717) is 15.9 Å². The van der Waals surface area contributed by atoms with Gasteiger partial charge in [-0.05, 0) is 48.7 Å². The molecule has 0 spiro atoms. The van der Waals surface area contributed by atoms with E-state index in [-0.39, 0.29) is 24.6 Å². The molecule has 0 aliphatic carbocycles. The number of carbonyl (C=O) groups excluding carboxylic acids is 1. The fraction of sp³-hybridized carbons (Fsp3) is 0.148. The molecule has 7 heteroatoms. The summed E-state index contributed by atoms with van der Waals surface area (Å²) in [6.07, 6.45) is 0. The smallest absolute Gasteiger partial charge is 0.325 e. The standard InChI is InChI=1S/C27H23N3O3S/c1-17-12-13-20(14-18(17)2)28-23(31)16-29-24-21-10-6-7-11-22(21)34-25(24)26(32)30(27(29)33)15-19-8-4-3-5-9-19/h3-14H,15-16H2,1-2H3,(H,28,31). The molecule has 0 bridgehead atoms. The number of hydrogen-bond donors (Lipinski definition) is 1. The van der Waals surface area contributed by atoms with Gasteiger partial charge in [0, 0.05) is 15.8 Å². The number of aromatic nitrogens is 2. The Morgan fingerprint density at radius 2 is 1.62 bits per heavy atom. The first-order valence-corrected chi connectivity index (χ1v) is 11.8. The lowest BCUT2D eigenvalue weighted by molar-refractivity contribution is -0.116. The molecule has 0 aliphatic heterocycles. The highest BCUT2D eigenvalue weighted by Crippen LogP contribution is 2.31. The second kappa shape index (κ2) is 8.76. The summed E-state index contributed by atoms with van der Waals surface area (Å²) in [6, 6.07) is 22.6. The maximum atomic E-state index is 13.6. The zero-order valence-corrected chi connectivity index (χ0v) is 19.7. The minimum Gasteiger partial charge on any atom is -0.325 e. The number of fused-ring (bicyclic) bond motifs is 3. The van der Waals surface area contributed by atoms with E-state index in [9.17, 15) is 14.4 Å². The number of amides is 1. The Kier molecular flexibility index (Phi) is 5.63. The first kappa shape index (κ1) is 21.9. The van der Waals surface area contributed by atoms with Gasteiger partial charge in [0.25, 0.3) is 5.56 Å². The highest BCUT2D eigenvalue weighted by Gasteiger charge is 2.20. The number of nitrogens with zero attached hydrogens (tertiary/aromatic N) is 2. The van der Waals surface area contributed by atoms with Crippen LogP contribution in [0.2, 0.25) is 0 Å². The summed E-state index contributed by atoms with van der Waals surface area (Å²) in [5, 5.41) is 3.69. The number of rotatable bonds is 5. The maximum absolute atomic E-state index is 13.6. The topological polar surface area (TPSA) is 73.1 Å². The van der Waals surface area contributed by atoms with Gasteiger partial charge >= 0.3 is 5.69 Å². The molecule has 0 aliphatic rings. The lowest BCUT2D eigenvalue weighted by Gasteiger charge is -2.13. The van der Waals surface area contributed by atoms with Crippen LogP contribution in [0.4, 0.5) is 5.69 Å². The van der Waals surface area contributed by atoms with Crippen LogP contribution in [-0.4, -0.2) is 15.0 Å². The first-order chi connectivity index (χ1) is 16.4. The third kappa shape index (κ3) is 3.95. The molecular formula is C27H23N3O3S. The van der Waals surface area contributed by atoms with E-state index in [1.54, 1.807) is 0 Å². The number of thiophene rings is 1. The van der Waals surface area contributed by atoms with Crippen LogP contribution in [0.25, 0.3) is 20.3 Å². The summed E-state index contributed by atoms with van der Waals surface area (Å²) in [6.45, 7) is 3.93. The van der Waals surface area contributed by atoms with Crippen molar-refractivity contribution in [1.82, 2.24) is 9.13 Å². The van der Waals surface area contributed by atoms with Crippen LogP contribution < -0.4 is 16.6 Å². The Morgan fingerprint density at radius 3 is 2.38 bits per heavy atom. The van der Waals surface area contributed by atoms with E-state index >= 15 is 0 Å². The van der Waals surface area contributed by atoms with Gasteiger partial charge in [-0.3, -0.25) is 18.7 Å². The van der Waals surface area contributed by atoms with Gasteiger partial charge in [0.1, 0.15) is 11.2 Å². The van der Waals surface area contributed by atoms with Crippen LogP contribution in [0, 0.1) is 13.8 Å². The monoisotopic (exact) mass is 469 g/mol. The average Bonchev–Trinajstić information content (AvgIpc) is 3.22. The van der Waals surface area contributed by atoms with Crippen molar-refractivity contribution in [2.45, 2.75) is 26.9 Å². The number of carbonyl (C=O) groups is 1. The Bertz CT molecular complexity index is 1660. The minimum absolute atomic E-state index is 0.140. The van der Waals surface area contributed by atoms with Crippen LogP contribution in [-0.2, 0) is 17.9 Å². The van der Waals surface area contributed by atoms with E-state index in [0.717, 1.165) is 26.8 Å². The zero-order valence-electron chi connectivity index (χ0n) is 18.9. The molecule has 170 valence electrons. The van der Waals surface area contributed by atoms with E-state index in [1.165, 1.54) is 20.5 Å². The lowest BCUT2D eigenvalue weighted by atomic mass is 10.1. The van der Waals surface area contributed by atoms with Gasteiger partial charge in [-0.1, -0.05) is 54.6 Å². The Morgan fingerprint density at radius 1 is 0.882 bits per heavy atom. The van der Waals surface area contributed by atoms with Gasteiger partial charge in [-0.15, -0.1) is 11.3 Å². The molecule has 3 aromatic carbocycles. The molecule has 5 aromatic rings. The molecule has 2 aromatic heterocycles. The molecule has 0 fully saturated rings. The summed E-state index contributed by atoms with van der Waals surface area (Å²) in [5.41, 5.74) is 3.39. The van der Waals surface area contributed by atoms with Crippen molar-refractivity contribution < 1.29 is 4.79 Å². The molecule has 0 saturated heterocycles. The van der Waals surface area contributed by atoms with Gasteiger partial charge in [0.05, 0.1) is 12.1 Å². The van der Waals surface area contributed by atoms with Crippen molar-refractivity contribution in [3.8, 4) is 0 Å². The van der Waals surface area contributed by atoms with Crippen LogP contribution >= 0.6 is 11.3 Å². The SMILES string of the molecule is Cc1ccc(NC(=O)Cn2c(=O)n(Cc3ccccc3)c(=O)c3sc4ccccc4c32)cc1C. The fourth-order valence-electron chi connectivity index (χ4n) is 4.11. The molecule has 5 rings (SSSR count). The quantitative estimate of drug-likeness (QED) is 0.406. The maximum Gasteiger partial charge on any atom is 0.332 e.